The molecule has 1 heterocycles. The van der Waals surface area contributed by atoms with E-state index in [2.05, 4.69) is 39.0 Å². The number of aromatic nitrogens is 2. The molecule has 0 saturated carbocycles. The van der Waals surface area contributed by atoms with Gasteiger partial charge >= 0.3 is 0 Å². The number of nitrogens with zero attached hydrogens (tertiary/aromatic N) is 2. The van der Waals surface area contributed by atoms with Gasteiger partial charge in [-0.3, -0.25) is 4.57 Å². The van der Waals surface area contributed by atoms with Gasteiger partial charge < -0.3 is 5.32 Å². The number of aryl methyl sites for hydroxylation is 1. The largest absolute Gasteiger partial charge is 0.358 e. The van der Waals surface area contributed by atoms with Crippen molar-refractivity contribution in [2.45, 2.75) is 6.92 Å². The van der Waals surface area contributed by atoms with Crippen molar-refractivity contribution in [2.75, 3.05) is 16.8 Å². The van der Waals surface area contributed by atoms with Gasteiger partial charge in [0.1, 0.15) is 0 Å². The van der Waals surface area contributed by atoms with Gasteiger partial charge in [-0.25, -0.2) is 4.98 Å². The molecule has 66 valence electrons. The first-order chi connectivity index (χ1) is 5.79. The zero-order valence-corrected chi connectivity index (χ0v) is 9.37. The summed E-state index contributed by atoms with van der Waals surface area (Å²) in [5, 5.41) is 3.02. The Kier molecular flexibility index (Phi) is 3.58. The van der Waals surface area contributed by atoms with Crippen molar-refractivity contribution >= 4 is 34.7 Å². The van der Waals surface area contributed by atoms with Crippen molar-refractivity contribution in [1.29, 1.82) is 0 Å². The third-order valence-corrected chi connectivity index (χ3v) is 2.06. The molecule has 3 nitrogen and oxygen atoms in total. The Balaban J connectivity index is 2.94. The van der Waals surface area contributed by atoms with E-state index in [-0.39, 0.29) is 0 Å². The predicted molar refractivity (Wildman–Crippen MR) is 60.7 cm³/mol. The molecule has 0 radical (unpaired) electrons. The summed E-state index contributed by atoms with van der Waals surface area (Å²) in [6, 6.07) is 0. The van der Waals surface area contributed by atoms with Crippen LogP contribution in [0, 0.1) is 6.92 Å². The van der Waals surface area contributed by atoms with Gasteiger partial charge in [-0.15, -0.1) is 0 Å². The van der Waals surface area contributed by atoms with Gasteiger partial charge in [-0.05, 0) is 6.92 Å². The molecule has 0 aliphatic carbocycles. The van der Waals surface area contributed by atoms with Crippen molar-refractivity contribution in [1.82, 2.24) is 9.55 Å². The third-order valence-electron chi connectivity index (χ3n) is 1.55. The zero-order chi connectivity index (χ0) is 8.97. The van der Waals surface area contributed by atoms with Crippen LogP contribution in [-0.4, -0.2) is 21.0 Å². The first-order valence-electron chi connectivity index (χ1n) is 3.73. The molecule has 0 aliphatic heterocycles. The Morgan fingerprint density at radius 2 is 2.50 bits per heavy atom. The standard InChI is InChI=1S/C8H12IN3/c1-7-6-11-8(10-2)12(7)5-3-4-9/h3,5-6H,4H2,1-2H3,(H,10,11)/b5-3-. The summed E-state index contributed by atoms with van der Waals surface area (Å²) in [4.78, 5) is 4.19. The average molecular weight is 277 g/mol. The molecule has 0 aliphatic rings. The van der Waals surface area contributed by atoms with Gasteiger partial charge in [-0.1, -0.05) is 28.7 Å². The minimum Gasteiger partial charge on any atom is -0.358 e. The summed E-state index contributed by atoms with van der Waals surface area (Å²) in [5.74, 6) is 0.883. The van der Waals surface area contributed by atoms with E-state index in [1.165, 1.54) is 0 Å². The normalized spacial score (nSPS) is 10.9. The fourth-order valence-corrected chi connectivity index (χ4v) is 1.19. The maximum atomic E-state index is 4.19. The summed E-state index contributed by atoms with van der Waals surface area (Å²) < 4.78 is 3.04. The van der Waals surface area contributed by atoms with E-state index in [1.807, 2.05) is 30.9 Å². The maximum absolute atomic E-state index is 4.19. The molecule has 12 heavy (non-hydrogen) atoms. The lowest BCUT2D eigenvalue weighted by atomic mass is 10.5. The van der Waals surface area contributed by atoms with E-state index in [0.29, 0.717) is 0 Å². The first-order valence-corrected chi connectivity index (χ1v) is 5.26. The molecule has 0 saturated heterocycles. The fraction of sp³-hybridized carbons (Fsp3) is 0.375. The van der Waals surface area contributed by atoms with Crippen LogP contribution in [-0.2, 0) is 0 Å². The highest BCUT2D eigenvalue weighted by Gasteiger charge is 1.99. The van der Waals surface area contributed by atoms with E-state index in [9.17, 15) is 0 Å². The molecule has 0 spiro atoms. The van der Waals surface area contributed by atoms with Crippen LogP contribution < -0.4 is 5.32 Å². The van der Waals surface area contributed by atoms with Crippen molar-refractivity contribution in [3.63, 3.8) is 0 Å². The zero-order valence-electron chi connectivity index (χ0n) is 7.21. The molecule has 1 aromatic rings. The van der Waals surface area contributed by atoms with Gasteiger partial charge in [0.2, 0.25) is 5.95 Å². The topological polar surface area (TPSA) is 29.9 Å². The second-order valence-electron chi connectivity index (χ2n) is 2.38. The molecule has 0 bridgehead atoms. The summed E-state index contributed by atoms with van der Waals surface area (Å²) in [7, 11) is 1.87. The van der Waals surface area contributed by atoms with Gasteiger partial charge in [0.05, 0.1) is 6.20 Å². The fourth-order valence-electron chi connectivity index (χ4n) is 0.964. The minimum atomic E-state index is 0.883. The summed E-state index contributed by atoms with van der Waals surface area (Å²) >= 11 is 2.31. The number of halogens is 1. The maximum Gasteiger partial charge on any atom is 0.206 e. The second kappa shape index (κ2) is 4.49. The molecular formula is C8H12IN3. The number of allylic oxidation sites excluding steroid dienone is 1. The average Bonchev–Trinajstić information content (AvgIpc) is 2.43. The molecular weight excluding hydrogens is 265 g/mol. The smallest absolute Gasteiger partial charge is 0.206 e. The van der Waals surface area contributed by atoms with E-state index >= 15 is 0 Å². The van der Waals surface area contributed by atoms with E-state index in [1.54, 1.807) is 0 Å². The quantitative estimate of drug-likeness (QED) is 0.677. The van der Waals surface area contributed by atoms with Crippen LogP contribution in [0.2, 0.25) is 0 Å². The molecule has 1 N–H and O–H groups in total. The molecule has 0 unspecified atom stereocenters. The highest BCUT2D eigenvalue weighted by atomic mass is 127. The van der Waals surface area contributed by atoms with Crippen molar-refractivity contribution in [2.24, 2.45) is 0 Å². The van der Waals surface area contributed by atoms with Crippen molar-refractivity contribution in [3.8, 4) is 0 Å². The highest BCUT2D eigenvalue weighted by Crippen LogP contribution is 2.09. The number of anilines is 1. The number of nitrogens with one attached hydrogen (secondary N) is 1. The SMILES string of the molecule is CNc1ncc(C)n1/C=C\CI. The lowest BCUT2D eigenvalue weighted by Crippen LogP contribution is -1.98. The number of rotatable bonds is 3. The molecule has 0 atom stereocenters. The Morgan fingerprint density at radius 1 is 1.75 bits per heavy atom. The van der Waals surface area contributed by atoms with E-state index in [4.69, 9.17) is 0 Å². The van der Waals surface area contributed by atoms with Crippen LogP contribution in [0.3, 0.4) is 0 Å². The summed E-state index contributed by atoms with van der Waals surface area (Å²) in [6.07, 6.45) is 5.97. The van der Waals surface area contributed by atoms with Gasteiger partial charge in [-0.2, -0.15) is 0 Å². The Bertz CT molecular complexity index is 278. The first kappa shape index (κ1) is 9.57. The molecule has 1 rings (SSSR count). The number of hydrogen-bond donors (Lipinski definition) is 1. The van der Waals surface area contributed by atoms with Crippen molar-refractivity contribution < 1.29 is 0 Å². The highest BCUT2D eigenvalue weighted by molar-refractivity contribution is 14.1. The summed E-state index contributed by atoms with van der Waals surface area (Å²) in [6.45, 7) is 2.03. The molecule has 1 aromatic heterocycles. The molecule has 0 fully saturated rings. The number of alkyl halides is 1. The monoisotopic (exact) mass is 277 g/mol. The van der Waals surface area contributed by atoms with Crippen LogP contribution in [0.25, 0.3) is 6.20 Å². The Morgan fingerprint density at radius 3 is 3.08 bits per heavy atom. The Hall–Kier alpha value is -0.520. The molecule has 0 amide bonds. The molecule has 0 aromatic carbocycles. The minimum absolute atomic E-state index is 0.883. The van der Waals surface area contributed by atoms with Gasteiger partial charge in [0.15, 0.2) is 0 Å². The second-order valence-corrected chi connectivity index (χ2v) is 3.26. The molecule has 4 heteroatoms. The van der Waals surface area contributed by atoms with Crippen LogP contribution in [0.4, 0.5) is 5.95 Å². The van der Waals surface area contributed by atoms with Crippen molar-refractivity contribution in [3.05, 3.63) is 18.0 Å². The number of imidazole rings is 1. The lowest BCUT2D eigenvalue weighted by Gasteiger charge is -2.01. The van der Waals surface area contributed by atoms with Crippen LogP contribution in [0.5, 0.6) is 0 Å². The van der Waals surface area contributed by atoms with Gasteiger partial charge in [0, 0.05) is 23.4 Å². The van der Waals surface area contributed by atoms with Crippen LogP contribution >= 0.6 is 22.6 Å². The van der Waals surface area contributed by atoms with Crippen LogP contribution in [0.1, 0.15) is 5.69 Å². The van der Waals surface area contributed by atoms with Gasteiger partial charge in [0.25, 0.3) is 0 Å². The van der Waals surface area contributed by atoms with Crippen LogP contribution in [0.15, 0.2) is 12.3 Å². The third kappa shape index (κ3) is 2.00. The van der Waals surface area contributed by atoms with E-state index < -0.39 is 0 Å². The Labute approximate surface area is 86.0 Å². The lowest BCUT2D eigenvalue weighted by molar-refractivity contribution is 1.07. The summed E-state index contributed by atoms with van der Waals surface area (Å²) in [5.41, 5.74) is 1.14. The number of hydrogen-bond acceptors (Lipinski definition) is 2. The predicted octanol–water partition coefficient (Wildman–Crippen LogP) is 2.14. The van der Waals surface area contributed by atoms with E-state index in [0.717, 1.165) is 16.1 Å².